The van der Waals surface area contributed by atoms with Gasteiger partial charge in [-0.2, -0.15) is 0 Å². The van der Waals surface area contributed by atoms with Gasteiger partial charge in [0, 0.05) is 32.9 Å². The molecule has 26 heteroatoms. The van der Waals surface area contributed by atoms with Gasteiger partial charge in [-0.25, -0.2) is 0 Å². The van der Waals surface area contributed by atoms with Crippen molar-refractivity contribution in [1.82, 2.24) is 0 Å². The Kier molecular flexibility index (Phi) is 25.0. The first-order chi connectivity index (χ1) is 41.3. The van der Waals surface area contributed by atoms with Gasteiger partial charge in [0.15, 0.2) is 31.5 Å². The number of methoxy groups -OCH3 is 2. The average molecular weight is 1190 g/mol. The summed E-state index contributed by atoms with van der Waals surface area (Å²) in [4.78, 5) is 13.6. The monoisotopic (exact) mass is 1190 g/mol. The maximum Gasteiger partial charge on any atom is 0.183 e. The van der Waals surface area contributed by atoms with Gasteiger partial charge in [0.05, 0.1) is 45.1 Å². The zero-order chi connectivity index (χ0) is 60.6. The zero-order valence-electron chi connectivity index (χ0n) is 46.8. The van der Waals surface area contributed by atoms with Gasteiger partial charge in [0.25, 0.3) is 0 Å². The Bertz CT molecular complexity index is 2630. The van der Waals surface area contributed by atoms with Crippen LogP contribution >= 0.6 is 0 Å². The molecule has 0 bridgehead atoms. The van der Waals surface area contributed by atoms with Crippen molar-refractivity contribution in [2.45, 2.75) is 153 Å². The molecule has 0 radical (unpaired) electrons. The van der Waals surface area contributed by atoms with E-state index < -0.39 is 186 Å². The van der Waals surface area contributed by atoms with Crippen LogP contribution in [0.3, 0.4) is 0 Å². The number of nitrogens with zero attached hydrogens (tertiary/aromatic N) is 3. The van der Waals surface area contributed by atoms with Gasteiger partial charge in [0.2, 0.25) is 0 Å². The molecule has 85 heavy (non-hydrogen) atoms. The molecule has 5 saturated heterocycles. The molecule has 0 aliphatic carbocycles. The first-order valence-electron chi connectivity index (χ1n) is 27.9. The standard InChI is InChI=1S/C59H79N5O21/c1-75-50-35(27-65)80-58(43(47(50)72)63-25-13-22-33-17-8-4-9-18-33)85-54-39(31-69)81-59(44(49(54)74)64-26-14-23-34-19-10-5-11-20-34)84-52-37(29-67)78-55(41(61)46(52)71)82-51-36(28-66)77-56(40(60)45(51)70)83-53-38(30-68)79-57(76-2)42(48(53)73)62-24-12-21-32-15-6-3-7-16-32/h3-26,35-59,65-74H,27-31,60-61H2,1-2H3/b21-12+,22-13+,23-14+,62-24+,63-25+,64-26+. The van der Waals surface area contributed by atoms with E-state index in [0.29, 0.717) is 0 Å². The number of aliphatic hydroxyl groups is 10. The third-order valence-corrected chi connectivity index (χ3v) is 15.2. The van der Waals surface area contributed by atoms with Crippen molar-refractivity contribution in [2.75, 3.05) is 47.3 Å². The molecule has 0 spiro atoms. The average Bonchev–Trinajstić information content (AvgIpc) is 3.14. The van der Waals surface area contributed by atoms with E-state index in [4.69, 9.17) is 63.6 Å². The number of aliphatic imine (C=N–C) groups is 3. The fraction of sp³-hybridized carbons (Fsp3) is 0.542. The Hall–Kier alpha value is -5.03. The Morgan fingerprint density at radius 3 is 0.965 bits per heavy atom. The van der Waals surface area contributed by atoms with Crippen molar-refractivity contribution >= 4 is 36.9 Å². The maximum atomic E-state index is 12.3. The highest BCUT2D eigenvalue weighted by molar-refractivity contribution is 5.79. The molecule has 5 aliphatic rings. The van der Waals surface area contributed by atoms with Gasteiger partial charge >= 0.3 is 0 Å². The topological polar surface area (TPSA) is 393 Å². The van der Waals surface area contributed by atoms with Crippen LogP contribution in [0.1, 0.15) is 16.7 Å². The van der Waals surface area contributed by atoms with Gasteiger partial charge in [0.1, 0.15) is 110 Å². The number of aliphatic hydroxyl groups excluding tert-OH is 10. The second-order valence-electron chi connectivity index (χ2n) is 20.7. The van der Waals surface area contributed by atoms with Gasteiger partial charge in [-0.1, -0.05) is 109 Å². The predicted molar refractivity (Wildman–Crippen MR) is 305 cm³/mol. The highest BCUT2D eigenvalue weighted by Gasteiger charge is 2.56. The lowest BCUT2D eigenvalue weighted by molar-refractivity contribution is -0.364. The van der Waals surface area contributed by atoms with Crippen LogP contribution in [0.4, 0.5) is 0 Å². The van der Waals surface area contributed by atoms with E-state index in [1.165, 1.54) is 32.9 Å². The first kappa shape index (κ1) is 65.9. The Labute approximate surface area is 491 Å². The van der Waals surface area contributed by atoms with Gasteiger partial charge in [-0.3, -0.25) is 15.0 Å². The molecule has 0 saturated carbocycles. The lowest BCUT2D eigenvalue weighted by Gasteiger charge is -2.50. The lowest BCUT2D eigenvalue weighted by atomic mass is 9.93. The largest absolute Gasteiger partial charge is 0.394 e. The Morgan fingerprint density at radius 1 is 0.376 bits per heavy atom. The quantitative estimate of drug-likeness (QED) is 0.0419. The third-order valence-electron chi connectivity index (χ3n) is 15.2. The molecule has 5 heterocycles. The molecule has 26 nitrogen and oxygen atoms in total. The number of ether oxygens (including phenoxy) is 11. The van der Waals surface area contributed by atoms with E-state index in [1.54, 1.807) is 36.5 Å². The summed E-state index contributed by atoms with van der Waals surface area (Å²) in [6.07, 6.45) is -14.8. The molecule has 0 amide bonds. The minimum atomic E-state index is -1.78. The van der Waals surface area contributed by atoms with E-state index in [0.717, 1.165) is 16.7 Å². The molecule has 466 valence electrons. The number of hydrogen-bond acceptors (Lipinski definition) is 26. The van der Waals surface area contributed by atoms with Gasteiger partial charge in [-0.15, -0.1) is 0 Å². The molecule has 14 N–H and O–H groups in total. The molecule has 0 aromatic heterocycles. The molecule has 25 unspecified atom stereocenters. The summed E-state index contributed by atoms with van der Waals surface area (Å²) >= 11 is 0. The van der Waals surface area contributed by atoms with Crippen molar-refractivity contribution in [3.8, 4) is 0 Å². The van der Waals surface area contributed by atoms with Crippen LogP contribution in [0.15, 0.2) is 124 Å². The van der Waals surface area contributed by atoms with Crippen molar-refractivity contribution in [3.63, 3.8) is 0 Å². The zero-order valence-corrected chi connectivity index (χ0v) is 46.8. The SMILES string of the molecule is COC1OC(CO)C(OC2OC(CO)C(OC3OC(CO)C(OC4OC(CO)C(OC5OC(CO)C(OC)C(O)C5/N=C/C=C/c5ccccc5)C(O)C4/N=C/C=C/c4ccccc4)C(O)C3N)C(O)C2N)C(O)C1/N=C/C=C/c1ccccc1. The van der Waals surface area contributed by atoms with Crippen LogP contribution in [0, 0.1) is 0 Å². The van der Waals surface area contributed by atoms with Crippen LogP contribution in [0.25, 0.3) is 18.2 Å². The van der Waals surface area contributed by atoms with Crippen LogP contribution < -0.4 is 11.5 Å². The Morgan fingerprint density at radius 2 is 0.647 bits per heavy atom. The molecule has 3 aromatic carbocycles. The summed E-state index contributed by atoms with van der Waals surface area (Å²) in [5.74, 6) is 0. The normalized spacial score (nSPS) is 39.5. The number of benzene rings is 3. The van der Waals surface area contributed by atoms with Crippen LogP contribution in [-0.4, -0.2) is 270 Å². The van der Waals surface area contributed by atoms with Crippen molar-refractivity contribution < 1.29 is 103 Å². The van der Waals surface area contributed by atoms with Crippen LogP contribution in [0.2, 0.25) is 0 Å². The van der Waals surface area contributed by atoms with E-state index in [2.05, 4.69) is 15.0 Å². The minimum Gasteiger partial charge on any atom is -0.394 e. The number of rotatable bonds is 24. The Balaban J connectivity index is 0.972. The summed E-state index contributed by atoms with van der Waals surface area (Å²) in [6, 6.07) is 21.2. The summed E-state index contributed by atoms with van der Waals surface area (Å²) in [5, 5.41) is 112. The highest BCUT2D eigenvalue weighted by Crippen LogP contribution is 2.37. The lowest BCUT2D eigenvalue weighted by Crippen LogP contribution is -2.69. The summed E-state index contributed by atoms with van der Waals surface area (Å²) in [5.41, 5.74) is 15.7. The number of nitrogens with two attached hydrogens (primary N) is 2. The van der Waals surface area contributed by atoms with Crippen molar-refractivity contribution in [3.05, 3.63) is 126 Å². The second kappa shape index (κ2) is 32.3. The highest BCUT2D eigenvalue weighted by atomic mass is 16.8. The summed E-state index contributed by atoms with van der Waals surface area (Å²) in [7, 11) is 2.68. The van der Waals surface area contributed by atoms with E-state index in [1.807, 2.05) is 91.0 Å². The van der Waals surface area contributed by atoms with Gasteiger partial charge in [-0.05, 0) is 34.9 Å². The molecular formula is C59H79N5O21. The molecule has 5 aliphatic heterocycles. The van der Waals surface area contributed by atoms with E-state index >= 15 is 0 Å². The number of allylic oxidation sites excluding steroid dienone is 3. The minimum absolute atomic E-state index is 0.604. The van der Waals surface area contributed by atoms with Crippen LogP contribution in [0.5, 0.6) is 0 Å². The summed E-state index contributed by atoms with van der Waals surface area (Å²) < 4.78 is 66.5. The smallest absolute Gasteiger partial charge is 0.183 e. The summed E-state index contributed by atoms with van der Waals surface area (Å²) in [6.45, 7) is -3.71. The molecule has 5 fully saturated rings. The molecular weight excluding hydrogens is 1110 g/mol. The molecule has 3 aromatic rings. The second-order valence-corrected chi connectivity index (χ2v) is 20.7. The third kappa shape index (κ3) is 16.2. The van der Waals surface area contributed by atoms with Crippen LogP contribution in [-0.2, 0) is 52.1 Å². The fourth-order valence-electron chi connectivity index (χ4n) is 10.7. The van der Waals surface area contributed by atoms with Crippen molar-refractivity contribution in [2.24, 2.45) is 26.4 Å². The van der Waals surface area contributed by atoms with E-state index in [9.17, 15) is 51.1 Å². The van der Waals surface area contributed by atoms with E-state index in [-0.39, 0.29) is 0 Å². The maximum absolute atomic E-state index is 12.3. The molecule has 25 atom stereocenters. The first-order valence-corrected chi connectivity index (χ1v) is 27.9. The van der Waals surface area contributed by atoms with Crippen molar-refractivity contribution in [1.29, 1.82) is 0 Å². The molecule has 8 rings (SSSR count). The van der Waals surface area contributed by atoms with Gasteiger partial charge < -0.3 is 115 Å². The predicted octanol–water partition coefficient (Wildman–Crippen LogP) is -2.31. The fourth-order valence-corrected chi connectivity index (χ4v) is 10.7. The number of hydrogen-bond donors (Lipinski definition) is 12.